The molecule has 0 amide bonds. The fraction of sp³-hybridized carbons (Fsp3) is 0.188. The summed E-state index contributed by atoms with van der Waals surface area (Å²) in [5.74, 6) is -0.959. The number of benzene rings is 2. The molecule has 0 radical (unpaired) electrons. The summed E-state index contributed by atoms with van der Waals surface area (Å²) in [4.78, 5) is 13.5. The zero-order valence-corrected chi connectivity index (χ0v) is 11.8. The van der Waals surface area contributed by atoms with E-state index >= 15 is 0 Å². The fourth-order valence-corrected chi connectivity index (χ4v) is 2.99. The largest absolute Gasteiger partial charge is 0.478 e. The number of carboxylic acid groups (broad SMARTS) is 1. The van der Waals surface area contributed by atoms with Crippen LogP contribution in [0, 0.1) is 0 Å². The topological polar surface area (TPSA) is 40.5 Å². The zero-order valence-electron chi connectivity index (χ0n) is 11.0. The van der Waals surface area contributed by atoms with Gasteiger partial charge in [-0.2, -0.15) is 0 Å². The van der Waals surface area contributed by atoms with Gasteiger partial charge in [0.1, 0.15) is 0 Å². The van der Waals surface area contributed by atoms with Crippen LogP contribution in [0.15, 0.2) is 42.5 Å². The Bertz CT molecular complexity index is 684. The Morgan fingerprint density at radius 3 is 2.75 bits per heavy atom. The molecule has 0 bridgehead atoms. The van der Waals surface area contributed by atoms with Crippen LogP contribution in [0.25, 0.3) is 0 Å². The van der Waals surface area contributed by atoms with Gasteiger partial charge in [-0.25, -0.2) is 4.79 Å². The van der Waals surface area contributed by atoms with Crippen molar-refractivity contribution >= 4 is 28.9 Å². The van der Waals surface area contributed by atoms with Crippen molar-refractivity contribution in [2.24, 2.45) is 0 Å². The number of anilines is 2. The lowest BCUT2D eigenvalue weighted by molar-refractivity contribution is 0.0697. The first-order valence-corrected chi connectivity index (χ1v) is 6.85. The summed E-state index contributed by atoms with van der Waals surface area (Å²) in [5.41, 5.74) is 3.25. The number of hydrogen-bond acceptors (Lipinski definition) is 2. The summed E-state index contributed by atoms with van der Waals surface area (Å²) in [6.07, 6.45) is 0.915. The lowest BCUT2D eigenvalue weighted by Crippen LogP contribution is -2.25. The molecule has 0 spiro atoms. The van der Waals surface area contributed by atoms with Crippen LogP contribution in [-0.2, 0) is 6.42 Å². The quantitative estimate of drug-likeness (QED) is 0.903. The summed E-state index contributed by atoms with van der Waals surface area (Å²) in [7, 11) is 0. The molecule has 0 saturated carbocycles. The molecule has 2 aromatic carbocycles. The van der Waals surface area contributed by atoms with Crippen LogP contribution in [0.2, 0.25) is 5.02 Å². The molecule has 102 valence electrons. The predicted molar refractivity (Wildman–Crippen MR) is 80.2 cm³/mol. The molecule has 0 aliphatic carbocycles. The van der Waals surface area contributed by atoms with Crippen molar-refractivity contribution in [3.63, 3.8) is 0 Å². The average molecular weight is 288 g/mol. The van der Waals surface area contributed by atoms with Crippen LogP contribution < -0.4 is 4.90 Å². The maximum absolute atomic E-state index is 11.5. The summed E-state index contributed by atoms with van der Waals surface area (Å²) in [6.45, 7) is 2.10. The van der Waals surface area contributed by atoms with E-state index in [1.54, 1.807) is 12.1 Å². The highest BCUT2D eigenvalue weighted by Gasteiger charge is 2.29. The van der Waals surface area contributed by atoms with E-state index in [1.807, 2.05) is 18.2 Å². The predicted octanol–water partition coefficient (Wildman–Crippen LogP) is 4.12. The van der Waals surface area contributed by atoms with Gasteiger partial charge in [0.2, 0.25) is 0 Å². The van der Waals surface area contributed by atoms with Crippen LogP contribution >= 0.6 is 11.6 Å². The first-order valence-electron chi connectivity index (χ1n) is 6.48. The molecule has 1 aliphatic rings. The van der Waals surface area contributed by atoms with Crippen LogP contribution in [0.3, 0.4) is 0 Å². The van der Waals surface area contributed by atoms with Crippen molar-refractivity contribution in [3.8, 4) is 0 Å². The third kappa shape index (κ3) is 2.04. The molecule has 1 aliphatic heterocycles. The standard InChI is InChI=1S/C16H14ClNO2/c1-10-8-11-4-2-3-5-14(11)18(10)15-7-6-12(17)9-13(15)16(19)20/h2-7,9-10H,8H2,1H3,(H,19,20). The fourth-order valence-electron chi connectivity index (χ4n) is 2.82. The molecule has 3 rings (SSSR count). The van der Waals surface area contributed by atoms with Gasteiger partial charge >= 0.3 is 5.97 Å². The van der Waals surface area contributed by atoms with Crippen molar-refractivity contribution in [2.45, 2.75) is 19.4 Å². The van der Waals surface area contributed by atoms with Crippen molar-refractivity contribution < 1.29 is 9.90 Å². The maximum Gasteiger partial charge on any atom is 0.337 e. The Balaban J connectivity index is 2.17. The summed E-state index contributed by atoms with van der Waals surface area (Å²) >= 11 is 5.92. The first kappa shape index (κ1) is 13.0. The minimum Gasteiger partial charge on any atom is -0.478 e. The van der Waals surface area contributed by atoms with Gasteiger partial charge in [-0.15, -0.1) is 0 Å². The summed E-state index contributed by atoms with van der Waals surface area (Å²) in [5, 5.41) is 9.84. The zero-order chi connectivity index (χ0) is 14.3. The molecule has 1 N–H and O–H groups in total. The van der Waals surface area contributed by atoms with Crippen LogP contribution in [0.1, 0.15) is 22.8 Å². The molecule has 0 saturated heterocycles. The number of nitrogens with zero attached hydrogens (tertiary/aromatic N) is 1. The number of carbonyl (C=O) groups is 1. The molecule has 4 heteroatoms. The third-order valence-corrected chi connectivity index (χ3v) is 3.89. The normalized spacial score (nSPS) is 17.1. The molecule has 3 nitrogen and oxygen atoms in total. The second-order valence-electron chi connectivity index (χ2n) is 5.02. The van der Waals surface area contributed by atoms with E-state index in [0.29, 0.717) is 10.7 Å². The van der Waals surface area contributed by atoms with Crippen molar-refractivity contribution in [2.75, 3.05) is 4.90 Å². The minimum atomic E-state index is -0.959. The molecule has 20 heavy (non-hydrogen) atoms. The third-order valence-electron chi connectivity index (χ3n) is 3.66. The molecule has 1 unspecified atom stereocenters. The summed E-state index contributed by atoms with van der Waals surface area (Å²) < 4.78 is 0. The van der Waals surface area contributed by atoms with E-state index in [0.717, 1.165) is 12.1 Å². The van der Waals surface area contributed by atoms with Gasteiger partial charge in [-0.05, 0) is 43.2 Å². The molecule has 1 heterocycles. The summed E-state index contributed by atoms with van der Waals surface area (Å²) in [6, 6.07) is 13.3. The lowest BCUT2D eigenvalue weighted by atomic mass is 10.1. The second-order valence-corrected chi connectivity index (χ2v) is 5.45. The van der Waals surface area contributed by atoms with E-state index in [4.69, 9.17) is 11.6 Å². The molecule has 2 aromatic rings. The van der Waals surface area contributed by atoms with E-state index in [2.05, 4.69) is 17.9 Å². The molecule has 0 fully saturated rings. The Hall–Kier alpha value is -2.00. The van der Waals surface area contributed by atoms with E-state index < -0.39 is 5.97 Å². The van der Waals surface area contributed by atoms with Gasteiger partial charge in [0.15, 0.2) is 0 Å². The lowest BCUT2D eigenvalue weighted by Gasteiger charge is -2.26. The van der Waals surface area contributed by atoms with Gasteiger partial charge < -0.3 is 10.0 Å². The monoisotopic (exact) mass is 287 g/mol. The van der Waals surface area contributed by atoms with E-state index in [-0.39, 0.29) is 11.6 Å². The van der Waals surface area contributed by atoms with Crippen LogP contribution in [0.4, 0.5) is 11.4 Å². The Morgan fingerprint density at radius 1 is 1.25 bits per heavy atom. The Morgan fingerprint density at radius 2 is 2.00 bits per heavy atom. The highest BCUT2D eigenvalue weighted by Crippen LogP contribution is 2.40. The van der Waals surface area contributed by atoms with Gasteiger partial charge in [0.25, 0.3) is 0 Å². The number of carboxylic acids is 1. The number of halogens is 1. The molecule has 0 aromatic heterocycles. The van der Waals surface area contributed by atoms with Crippen LogP contribution in [-0.4, -0.2) is 17.1 Å². The van der Waals surface area contributed by atoms with Gasteiger partial charge in [0, 0.05) is 16.8 Å². The number of fused-ring (bicyclic) bond motifs is 1. The Kier molecular flexibility index (Phi) is 3.14. The highest BCUT2D eigenvalue weighted by atomic mass is 35.5. The minimum absolute atomic E-state index is 0.228. The molecular formula is C16H14ClNO2. The van der Waals surface area contributed by atoms with Gasteiger partial charge in [0.05, 0.1) is 11.3 Å². The number of rotatable bonds is 2. The second kappa shape index (κ2) is 4.84. The van der Waals surface area contributed by atoms with Crippen molar-refractivity contribution in [1.29, 1.82) is 0 Å². The Labute approximate surface area is 122 Å². The van der Waals surface area contributed by atoms with Crippen LogP contribution in [0.5, 0.6) is 0 Å². The number of para-hydroxylation sites is 1. The maximum atomic E-state index is 11.5. The average Bonchev–Trinajstić information content (AvgIpc) is 2.74. The van der Waals surface area contributed by atoms with Gasteiger partial charge in [-0.3, -0.25) is 0 Å². The highest BCUT2D eigenvalue weighted by molar-refractivity contribution is 6.31. The first-order chi connectivity index (χ1) is 9.58. The van der Waals surface area contributed by atoms with Crippen molar-refractivity contribution in [1.82, 2.24) is 0 Å². The van der Waals surface area contributed by atoms with E-state index in [1.165, 1.54) is 11.6 Å². The van der Waals surface area contributed by atoms with Gasteiger partial charge in [-0.1, -0.05) is 29.8 Å². The smallest absolute Gasteiger partial charge is 0.337 e. The SMILES string of the molecule is CC1Cc2ccccc2N1c1ccc(Cl)cc1C(=O)O. The number of hydrogen-bond donors (Lipinski definition) is 1. The van der Waals surface area contributed by atoms with E-state index in [9.17, 15) is 9.90 Å². The van der Waals surface area contributed by atoms with Crippen molar-refractivity contribution in [3.05, 3.63) is 58.6 Å². The number of aromatic carboxylic acids is 1. The molecule has 1 atom stereocenters. The molecular weight excluding hydrogens is 274 g/mol.